The van der Waals surface area contributed by atoms with Crippen molar-refractivity contribution in [2.45, 2.75) is 62.1 Å². The lowest BCUT2D eigenvalue weighted by Crippen LogP contribution is -2.34. The Kier molecular flexibility index (Phi) is 5.62. The number of aliphatic hydroxyl groups excluding tert-OH is 1. The number of nitrogens with zero attached hydrogens (tertiary/aromatic N) is 2. The summed E-state index contributed by atoms with van der Waals surface area (Å²) in [5, 5.41) is 14.0. The first-order valence-electron chi connectivity index (χ1n) is 11.6. The third-order valence-electron chi connectivity index (χ3n) is 6.99. The molecule has 0 unspecified atom stereocenters. The van der Waals surface area contributed by atoms with Crippen LogP contribution in [0.2, 0.25) is 5.02 Å². The molecule has 33 heavy (non-hydrogen) atoms. The molecule has 0 bridgehead atoms. The Balaban J connectivity index is 1.12. The fourth-order valence-corrected chi connectivity index (χ4v) is 5.44. The summed E-state index contributed by atoms with van der Waals surface area (Å²) in [7, 11) is 0. The number of H-pyrrole nitrogens is 1. The molecule has 3 N–H and O–H groups in total. The van der Waals surface area contributed by atoms with E-state index in [0.29, 0.717) is 46.6 Å². The Morgan fingerprint density at radius 3 is 2.64 bits per heavy atom. The Morgan fingerprint density at radius 2 is 1.82 bits per heavy atom. The van der Waals surface area contributed by atoms with E-state index in [1.165, 1.54) is 5.56 Å². The highest BCUT2D eigenvalue weighted by molar-refractivity contribution is 6.33. The summed E-state index contributed by atoms with van der Waals surface area (Å²) in [5.41, 5.74) is 2.67. The number of halogens is 1. The number of anilines is 1. The number of nitrogens with one attached hydrogen (secondary N) is 2. The van der Waals surface area contributed by atoms with Crippen molar-refractivity contribution in [2.75, 3.05) is 18.5 Å². The van der Waals surface area contributed by atoms with Gasteiger partial charge in [0.25, 0.3) is 6.01 Å². The molecule has 0 radical (unpaired) electrons. The zero-order chi connectivity index (χ0) is 22.4. The average Bonchev–Trinajstić information content (AvgIpc) is 3.52. The molecule has 0 amide bonds. The molecule has 4 heterocycles. The second-order valence-corrected chi connectivity index (χ2v) is 9.56. The Hall–Kier alpha value is -2.39. The molecular weight excluding hydrogens is 444 g/mol. The van der Waals surface area contributed by atoms with E-state index in [-0.39, 0.29) is 24.9 Å². The average molecular weight is 471 g/mol. The second kappa shape index (κ2) is 8.76. The van der Waals surface area contributed by atoms with Gasteiger partial charge in [-0.05, 0) is 43.2 Å². The van der Waals surface area contributed by atoms with Crippen LogP contribution in [0.5, 0.6) is 6.01 Å². The molecule has 2 aliphatic heterocycles. The normalized spacial score (nSPS) is 31.6. The van der Waals surface area contributed by atoms with E-state index < -0.39 is 6.10 Å². The Morgan fingerprint density at radius 1 is 1.03 bits per heavy atom. The molecule has 3 aromatic rings. The summed E-state index contributed by atoms with van der Waals surface area (Å²) in [6, 6.07) is 13.2. The molecular formula is C24H27ClN4O4. The number of rotatable bonds is 5. The lowest BCUT2D eigenvalue weighted by Gasteiger charge is -2.29. The van der Waals surface area contributed by atoms with Gasteiger partial charge in [-0.1, -0.05) is 41.9 Å². The number of hydrogen-bond acceptors (Lipinski definition) is 7. The van der Waals surface area contributed by atoms with Crippen molar-refractivity contribution in [1.82, 2.24) is 15.0 Å². The largest absolute Gasteiger partial charge is 0.456 e. The van der Waals surface area contributed by atoms with Gasteiger partial charge in [0.05, 0.1) is 23.8 Å². The summed E-state index contributed by atoms with van der Waals surface area (Å²) in [6.45, 7) is 0.602. The fraction of sp³-hybridized carbons (Fsp3) is 0.500. The SMILES string of the molecule is O[C@@H]1CO[C@H]2[C@@H]1OC[C@H]2Oc1nc2nc(NC3CCC(c4ccccc4)CC3)c(Cl)cc2[nH]1. The van der Waals surface area contributed by atoms with Crippen molar-refractivity contribution >= 4 is 28.6 Å². The zero-order valence-electron chi connectivity index (χ0n) is 18.1. The van der Waals surface area contributed by atoms with Gasteiger partial charge < -0.3 is 29.6 Å². The molecule has 6 rings (SSSR count). The number of hydrogen-bond donors (Lipinski definition) is 3. The monoisotopic (exact) mass is 470 g/mol. The topological polar surface area (TPSA) is 102 Å². The molecule has 1 aromatic carbocycles. The predicted octanol–water partition coefficient (Wildman–Crippen LogP) is 3.66. The van der Waals surface area contributed by atoms with Crippen molar-refractivity contribution in [1.29, 1.82) is 0 Å². The Labute approximate surface area is 196 Å². The molecule has 8 nitrogen and oxygen atoms in total. The zero-order valence-corrected chi connectivity index (χ0v) is 18.9. The van der Waals surface area contributed by atoms with Gasteiger partial charge >= 0.3 is 0 Å². The summed E-state index contributed by atoms with van der Waals surface area (Å²) in [5.74, 6) is 1.27. The number of aliphatic hydroxyl groups is 1. The summed E-state index contributed by atoms with van der Waals surface area (Å²) in [4.78, 5) is 12.3. The summed E-state index contributed by atoms with van der Waals surface area (Å²) < 4.78 is 17.2. The van der Waals surface area contributed by atoms with Crippen molar-refractivity contribution < 1.29 is 19.3 Å². The number of ether oxygens (including phenoxy) is 3. The number of fused-ring (bicyclic) bond motifs is 2. The molecule has 1 saturated carbocycles. The van der Waals surface area contributed by atoms with E-state index in [4.69, 9.17) is 25.8 Å². The summed E-state index contributed by atoms with van der Waals surface area (Å²) >= 11 is 6.53. The van der Waals surface area contributed by atoms with E-state index in [1.807, 2.05) is 6.07 Å². The minimum Gasteiger partial charge on any atom is -0.456 e. The minimum atomic E-state index is -0.615. The second-order valence-electron chi connectivity index (χ2n) is 9.16. The Bertz CT molecular complexity index is 1120. The molecule has 3 fully saturated rings. The number of imidazole rings is 1. The molecule has 9 heteroatoms. The van der Waals surface area contributed by atoms with Crippen LogP contribution in [0.15, 0.2) is 36.4 Å². The van der Waals surface area contributed by atoms with Crippen LogP contribution >= 0.6 is 11.6 Å². The third-order valence-corrected chi connectivity index (χ3v) is 7.28. The van der Waals surface area contributed by atoms with Crippen LogP contribution in [0.25, 0.3) is 11.2 Å². The smallest absolute Gasteiger partial charge is 0.296 e. The lowest BCUT2D eigenvalue weighted by molar-refractivity contribution is 0.00706. The van der Waals surface area contributed by atoms with Crippen molar-refractivity contribution in [3.05, 3.63) is 47.0 Å². The van der Waals surface area contributed by atoms with Crippen LogP contribution in [0.4, 0.5) is 5.82 Å². The highest BCUT2D eigenvalue weighted by Crippen LogP contribution is 2.35. The molecule has 4 atom stereocenters. The first-order chi connectivity index (χ1) is 16.1. The van der Waals surface area contributed by atoms with Crippen LogP contribution in [0.1, 0.15) is 37.2 Å². The number of aromatic nitrogens is 3. The molecule has 1 aliphatic carbocycles. The highest BCUT2D eigenvalue weighted by Gasteiger charge is 2.48. The number of pyridine rings is 1. The maximum atomic E-state index is 9.91. The van der Waals surface area contributed by atoms with Gasteiger partial charge in [-0.15, -0.1) is 0 Å². The van der Waals surface area contributed by atoms with E-state index in [2.05, 4.69) is 50.6 Å². The van der Waals surface area contributed by atoms with Crippen LogP contribution in [0, 0.1) is 0 Å². The van der Waals surface area contributed by atoms with Gasteiger partial charge in [0.15, 0.2) is 11.8 Å². The predicted molar refractivity (Wildman–Crippen MR) is 124 cm³/mol. The molecule has 2 saturated heterocycles. The molecule has 0 spiro atoms. The van der Waals surface area contributed by atoms with E-state index in [1.54, 1.807) is 0 Å². The molecule has 3 aliphatic rings. The molecule has 174 valence electrons. The van der Waals surface area contributed by atoms with Gasteiger partial charge in [-0.2, -0.15) is 4.98 Å². The van der Waals surface area contributed by atoms with Gasteiger partial charge in [0.2, 0.25) is 0 Å². The maximum absolute atomic E-state index is 9.91. The van der Waals surface area contributed by atoms with Crippen LogP contribution in [-0.4, -0.2) is 63.7 Å². The number of aromatic amines is 1. The van der Waals surface area contributed by atoms with Crippen molar-refractivity contribution in [3.8, 4) is 6.01 Å². The van der Waals surface area contributed by atoms with E-state index in [0.717, 1.165) is 25.7 Å². The first kappa shape index (κ1) is 21.2. The van der Waals surface area contributed by atoms with Crippen LogP contribution in [0.3, 0.4) is 0 Å². The van der Waals surface area contributed by atoms with E-state index in [9.17, 15) is 5.11 Å². The van der Waals surface area contributed by atoms with Gasteiger partial charge in [0, 0.05) is 6.04 Å². The third kappa shape index (κ3) is 4.17. The maximum Gasteiger partial charge on any atom is 0.296 e. The minimum absolute atomic E-state index is 0.259. The van der Waals surface area contributed by atoms with Gasteiger partial charge in [-0.25, -0.2) is 4.98 Å². The molecule has 2 aromatic heterocycles. The standard InChI is InChI=1S/C24H27ClN4O4/c25-16-10-17-23(29-24(27-17)33-19-12-32-20-18(30)11-31-21(19)20)28-22(16)26-15-8-6-14(7-9-15)13-4-2-1-3-5-13/h1-5,10,14-15,18-21,30H,6-9,11-12H2,(H2,26,27,28,29)/t14?,15?,18-,19-,20-,21-/m1/s1. The van der Waals surface area contributed by atoms with Gasteiger partial charge in [0.1, 0.15) is 24.1 Å². The first-order valence-corrected chi connectivity index (χ1v) is 12.0. The van der Waals surface area contributed by atoms with Crippen molar-refractivity contribution in [3.63, 3.8) is 0 Å². The van der Waals surface area contributed by atoms with E-state index >= 15 is 0 Å². The quantitative estimate of drug-likeness (QED) is 0.523. The van der Waals surface area contributed by atoms with Gasteiger partial charge in [-0.3, -0.25) is 0 Å². The summed E-state index contributed by atoms with van der Waals surface area (Å²) in [6.07, 6.45) is 2.83. The highest BCUT2D eigenvalue weighted by atomic mass is 35.5. The van der Waals surface area contributed by atoms with Crippen molar-refractivity contribution in [2.24, 2.45) is 0 Å². The van der Waals surface area contributed by atoms with Crippen LogP contribution in [-0.2, 0) is 9.47 Å². The number of benzene rings is 1. The fourth-order valence-electron chi connectivity index (χ4n) is 5.23. The van der Waals surface area contributed by atoms with Crippen LogP contribution < -0.4 is 10.1 Å². The lowest BCUT2D eigenvalue weighted by atomic mass is 9.82.